The second kappa shape index (κ2) is 5.39. The lowest BCUT2D eigenvalue weighted by atomic mass is 10.1. The van der Waals surface area contributed by atoms with E-state index in [0.717, 1.165) is 17.0 Å². The van der Waals surface area contributed by atoms with Gasteiger partial charge in [-0.2, -0.15) is 0 Å². The van der Waals surface area contributed by atoms with E-state index < -0.39 is 9.84 Å². The van der Waals surface area contributed by atoms with Gasteiger partial charge in [0, 0.05) is 22.6 Å². The molecule has 0 bridgehead atoms. The van der Waals surface area contributed by atoms with Crippen LogP contribution in [-0.4, -0.2) is 20.4 Å². The first-order valence-electron chi connectivity index (χ1n) is 6.74. The summed E-state index contributed by atoms with van der Waals surface area (Å²) >= 11 is 1.83. The lowest BCUT2D eigenvalue weighted by Gasteiger charge is -2.17. The van der Waals surface area contributed by atoms with Gasteiger partial charge < -0.3 is 5.32 Å². The summed E-state index contributed by atoms with van der Waals surface area (Å²) in [6, 6.07) is 13.8. The van der Waals surface area contributed by atoms with Crippen molar-refractivity contribution in [3.8, 4) is 0 Å². The fourth-order valence-electron chi connectivity index (χ4n) is 2.46. The number of hydrogen-bond acceptors (Lipinski definition) is 4. The number of hydrogen-bond donors (Lipinski definition) is 1. The van der Waals surface area contributed by atoms with Crippen LogP contribution in [0.3, 0.4) is 0 Å². The molecule has 0 spiro atoms. The number of rotatable bonds is 3. The van der Waals surface area contributed by atoms with Crippen molar-refractivity contribution >= 4 is 27.3 Å². The summed E-state index contributed by atoms with van der Waals surface area (Å²) in [6.07, 6.45) is 1.24. The first-order valence-corrected chi connectivity index (χ1v) is 9.62. The number of thioether (sulfide) groups is 1. The molecule has 0 saturated heterocycles. The molecule has 3 rings (SSSR count). The molecule has 110 valence electrons. The van der Waals surface area contributed by atoms with E-state index in [1.165, 1.54) is 16.7 Å². The van der Waals surface area contributed by atoms with Crippen LogP contribution in [0.15, 0.2) is 52.3 Å². The van der Waals surface area contributed by atoms with Gasteiger partial charge in [-0.1, -0.05) is 24.3 Å². The number of sulfone groups is 1. The Hall–Kier alpha value is -1.46. The summed E-state index contributed by atoms with van der Waals surface area (Å²) in [4.78, 5) is 1.65. The Balaban J connectivity index is 1.93. The van der Waals surface area contributed by atoms with E-state index in [-0.39, 0.29) is 6.04 Å². The van der Waals surface area contributed by atoms with Crippen LogP contribution in [0.1, 0.15) is 17.2 Å². The van der Waals surface area contributed by atoms with Gasteiger partial charge in [0.1, 0.15) is 0 Å². The second-order valence-electron chi connectivity index (χ2n) is 5.29. The topological polar surface area (TPSA) is 46.2 Å². The van der Waals surface area contributed by atoms with E-state index in [4.69, 9.17) is 0 Å². The molecule has 0 aliphatic carbocycles. The zero-order valence-electron chi connectivity index (χ0n) is 12.0. The molecule has 21 heavy (non-hydrogen) atoms. The van der Waals surface area contributed by atoms with Crippen LogP contribution >= 0.6 is 11.8 Å². The number of fused-ring (bicyclic) bond motifs is 1. The average Bonchev–Trinajstić information content (AvgIpc) is 2.83. The summed E-state index contributed by atoms with van der Waals surface area (Å²) in [7, 11) is -3.18. The lowest BCUT2D eigenvalue weighted by molar-refractivity contribution is 0.602. The molecule has 3 nitrogen and oxygen atoms in total. The van der Waals surface area contributed by atoms with E-state index in [1.54, 1.807) is 12.1 Å². The molecule has 0 saturated carbocycles. The van der Waals surface area contributed by atoms with Crippen LogP contribution in [0, 0.1) is 6.92 Å². The summed E-state index contributed by atoms with van der Waals surface area (Å²) < 4.78 is 23.4. The highest BCUT2D eigenvalue weighted by atomic mass is 32.2. The zero-order chi connectivity index (χ0) is 15.0. The van der Waals surface area contributed by atoms with Gasteiger partial charge in [-0.15, -0.1) is 11.8 Å². The molecule has 0 amide bonds. The molecule has 1 heterocycles. The average molecular weight is 319 g/mol. The maximum Gasteiger partial charge on any atom is 0.175 e. The summed E-state index contributed by atoms with van der Waals surface area (Å²) in [5.41, 5.74) is 3.23. The molecule has 1 unspecified atom stereocenters. The van der Waals surface area contributed by atoms with Crippen molar-refractivity contribution in [1.82, 2.24) is 0 Å². The Morgan fingerprint density at radius 2 is 1.95 bits per heavy atom. The molecule has 1 aliphatic heterocycles. The number of anilines is 1. The standard InChI is InChI=1S/C16H17NO2S2/c1-11-7-8-12(21(2,18)19)9-14(11)17-15-10-20-16-6-4-3-5-13(15)16/h3-9,15,17H,10H2,1-2H3. The lowest BCUT2D eigenvalue weighted by Crippen LogP contribution is -2.11. The van der Waals surface area contributed by atoms with Gasteiger partial charge in [0.05, 0.1) is 10.9 Å². The Morgan fingerprint density at radius 3 is 2.71 bits per heavy atom. The largest absolute Gasteiger partial charge is 0.377 e. The predicted octanol–water partition coefficient (Wildman–Crippen LogP) is 3.66. The van der Waals surface area contributed by atoms with Crippen molar-refractivity contribution in [2.45, 2.75) is 22.8 Å². The molecule has 1 N–H and O–H groups in total. The molecule has 5 heteroatoms. The number of nitrogens with one attached hydrogen (secondary N) is 1. The molecular weight excluding hydrogens is 302 g/mol. The Kier molecular flexibility index (Phi) is 3.71. The van der Waals surface area contributed by atoms with E-state index in [9.17, 15) is 8.42 Å². The SMILES string of the molecule is Cc1ccc(S(C)(=O)=O)cc1NC1CSc2ccccc21. The van der Waals surface area contributed by atoms with Crippen LogP contribution in [0.5, 0.6) is 0 Å². The summed E-state index contributed by atoms with van der Waals surface area (Å²) in [5, 5.41) is 3.49. The maximum absolute atomic E-state index is 11.7. The normalized spacial score (nSPS) is 17.5. The minimum atomic E-state index is -3.18. The molecule has 1 aliphatic rings. The van der Waals surface area contributed by atoms with Gasteiger partial charge in [-0.25, -0.2) is 8.42 Å². The molecule has 0 aromatic heterocycles. The molecule has 2 aromatic rings. The third kappa shape index (κ3) is 2.94. The first-order chi connectivity index (χ1) is 9.95. The molecule has 1 atom stereocenters. The van der Waals surface area contributed by atoms with Crippen molar-refractivity contribution < 1.29 is 8.42 Å². The summed E-state index contributed by atoms with van der Waals surface area (Å²) in [5.74, 6) is 0.960. The van der Waals surface area contributed by atoms with Crippen LogP contribution in [0.4, 0.5) is 5.69 Å². The fourth-order valence-corrected chi connectivity index (χ4v) is 4.27. The van der Waals surface area contributed by atoms with E-state index in [0.29, 0.717) is 4.90 Å². The van der Waals surface area contributed by atoms with Crippen molar-refractivity contribution in [2.24, 2.45) is 0 Å². The third-order valence-electron chi connectivity index (χ3n) is 3.67. The van der Waals surface area contributed by atoms with Gasteiger partial charge in [-0.3, -0.25) is 0 Å². The van der Waals surface area contributed by atoms with Crippen molar-refractivity contribution in [3.63, 3.8) is 0 Å². The monoisotopic (exact) mass is 319 g/mol. The molecule has 0 fully saturated rings. The van der Waals surface area contributed by atoms with E-state index >= 15 is 0 Å². The third-order valence-corrected chi connectivity index (χ3v) is 5.96. The Labute approximate surface area is 129 Å². The highest BCUT2D eigenvalue weighted by Gasteiger charge is 2.23. The highest BCUT2D eigenvalue weighted by Crippen LogP contribution is 2.40. The quantitative estimate of drug-likeness (QED) is 0.938. The van der Waals surface area contributed by atoms with Gasteiger partial charge in [0.2, 0.25) is 0 Å². The summed E-state index contributed by atoms with van der Waals surface area (Å²) in [6.45, 7) is 1.99. The van der Waals surface area contributed by atoms with E-state index in [1.807, 2.05) is 36.9 Å². The highest BCUT2D eigenvalue weighted by molar-refractivity contribution is 7.99. The van der Waals surface area contributed by atoms with Gasteiger partial charge in [0.25, 0.3) is 0 Å². The van der Waals surface area contributed by atoms with Crippen molar-refractivity contribution in [3.05, 3.63) is 53.6 Å². The van der Waals surface area contributed by atoms with Gasteiger partial charge in [-0.05, 0) is 36.2 Å². The smallest absolute Gasteiger partial charge is 0.175 e. The van der Waals surface area contributed by atoms with Crippen molar-refractivity contribution in [1.29, 1.82) is 0 Å². The Morgan fingerprint density at radius 1 is 1.19 bits per heavy atom. The van der Waals surface area contributed by atoms with Crippen LogP contribution < -0.4 is 5.32 Å². The van der Waals surface area contributed by atoms with Gasteiger partial charge in [0.15, 0.2) is 9.84 Å². The minimum absolute atomic E-state index is 0.222. The van der Waals surface area contributed by atoms with Gasteiger partial charge >= 0.3 is 0 Å². The van der Waals surface area contributed by atoms with E-state index in [2.05, 4.69) is 17.4 Å². The van der Waals surface area contributed by atoms with Crippen molar-refractivity contribution in [2.75, 3.05) is 17.3 Å². The molecule has 2 aromatic carbocycles. The van der Waals surface area contributed by atoms with Crippen LogP contribution in [-0.2, 0) is 9.84 Å². The van der Waals surface area contributed by atoms with Crippen LogP contribution in [0.25, 0.3) is 0 Å². The number of aryl methyl sites for hydroxylation is 1. The molecule has 0 radical (unpaired) electrons. The minimum Gasteiger partial charge on any atom is -0.377 e. The number of benzene rings is 2. The Bertz CT molecular complexity index is 785. The fraction of sp³-hybridized carbons (Fsp3) is 0.250. The first kappa shape index (κ1) is 14.5. The van der Waals surface area contributed by atoms with Crippen LogP contribution in [0.2, 0.25) is 0 Å². The predicted molar refractivity (Wildman–Crippen MR) is 87.8 cm³/mol. The zero-order valence-corrected chi connectivity index (χ0v) is 13.6. The maximum atomic E-state index is 11.7. The second-order valence-corrected chi connectivity index (χ2v) is 8.37. The molecular formula is C16H17NO2S2.